The monoisotopic (exact) mass is 295 g/mol. The van der Waals surface area contributed by atoms with Crippen LogP contribution in [0.3, 0.4) is 0 Å². The molecule has 1 atom stereocenters. The van der Waals surface area contributed by atoms with E-state index in [1.807, 2.05) is 0 Å². The molecular formula is C15H21NO5. The van der Waals surface area contributed by atoms with Gasteiger partial charge in [-0.05, 0) is 41.5 Å². The van der Waals surface area contributed by atoms with Crippen molar-refractivity contribution in [2.75, 3.05) is 6.61 Å². The molecule has 1 unspecified atom stereocenters. The van der Waals surface area contributed by atoms with Crippen molar-refractivity contribution >= 4 is 17.9 Å². The van der Waals surface area contributed by atoms with E-state index >= 15 is 0 Å². The molecule has 6 heteroatoms. The van der Waals surface area contributed by atoms with Gasteiger partial charge in [0.15, 0.2) is 5.76 Å². The molecule has 2 amide bonds. The standard InChI is InChI=1S/C15H21NO5/c1-7-20-12-9(2)11(8-17)10(3)16(13(12)18)14(19)21-15(4,5)6/h10H,7H2,1-6H3. The molecule has 0 N–H and O–H groups in total. The molecule has 116 valence electrons. The van der Waals surface area contributed by atoms with Crippen LogP contribution in [0.1, 0.15) is 41.5 Å². The van der Waals surface area contributed by atoms with Crippen molar-refractivity contribution in [3.8, 4) is 0 Å². The number of hydrogen-bond acceptors (Lipinski definition) is 5. The summed E-state index contributed by atoms with van der Waals surface area (Å²) >= 11 is 0. The minimum Gasteiger partial charge on any atom is -0.488 e. The highest BCUT2D eigenvalue weighted by molar-refractivity contribution is 6.05. The second-order valence-electron chi connectivity index (χ2n) is 5.73. The summed E-state index contributed by atoms with van der Waals surface area (Å²) in [6.07, 6.45) is -0.808. The lowest BCUT2D eigenvalue weighted by Gasteiger charge is -2.34. The third-order valence-electron chi connectivity index (χ3n) is 2.95. The zero-order chi connectivity index (χ0) is 16.4. The van der Waals surface area contributed by atoms with Gasteiger partial charge in [-0.25, -0.2) is 14.5 Å². The van der Waals surface area contributed by atoms with E-state index in [2.05, 4.69) is 0 Å². The van der Waals surface area contributed by atoms with Gasteiger partial charge in [0.1, 0.15) is 11.5 Å². The number of hydrogen-bond donors (Lipinski definition) is 0. The Morgan fingerprint density at radius 1 is 1.38 bits per heavy atom. The lowest BCUT2D eigenvalue weighted by atomic mass is 9.95. The Balaban J connectivity index is 3.26. The van der Waals surface area contributed by atoms with Crippen LogP contribution < -0.4 is 0 Å². The van der Waals surface area contributed by atoms with Crippen LogP contribution in [0, 0.1) is 0 Å². The highest BCUT2D eigenvalue weighted by Gasteiger charge is 2.41. The van der Waals surface area contributed by atoms with Crippen molar-refractivity contribution in [2.45, 2.75) is 53.2 Å². The number of carbonyl (C=O) groups is 2. The van der Waals surface area contributed by atoms with Crippen molar-refractivity contribution in [1.29, 1.82) is 0 Å². The molecule has 0 fully saturated rings. The van der Waals surface area contributed by atoms with Gasteiger partial charge >= 0.3 is 6.09 Å². The van der Waals surface area contributed by atoms with Gasteiger partial charge in [0.05, 0.1) is 18.2 Å². The Labute approximate surface area is 124 Å². The van der Waals surface area contributed by atoms with Crippen molar-refractivity contribution in [3.63, 3.8) is 0 Å². The summed E-state index contributed by atoms with van der Waals surface area (Å²) in [5.74, 6) is 1.17. The second kappa shape index (κ2) is 6.14. The van der Waals surface area contributed by atoms with Gasteiger partial charge in [-0.3, -0.25) is 4.79 Å². The first-order valence-electron chi connectivity index (χ1n) is 6.79. The first kappa shape index (κ1) is 17.0. The van der Waals surface area contributed by atoms with E-state index in [-0.39, 0.29) is 17.9 Å². The fourth-order valence-electron chi connectivity index (χ4n) is 2.04. The fraction of sp³-hybridized carbons (Fsp3) is 0.600. The van der Waals surface area contributed by atoms with E-state index in [4.69, 9.17) is 9.47 Å². The van der Waals surface area contributed by atoms with Crippen LogP contribution in [0.25, 0.3) is 0 Å². The van der Waals surface area contributed by atoms with Gasteiger partial charge in [0.2, 0.25) is 0 Å². The van der Waals surface area contributed by atoms with Gasteiger partial charge in [0.25, 0.3) is 5.91 Å². The molecule has 0 bridgehead atoms. The first-order valence-corrected chi connectivity index (χ1v) is 6.79. The fourth-order valence-corrected chi connectivity index (χ4v) is 2.04. The van der Waals surface area contributed by atoms with Crippen LogP contribution in [-0.2, 0) is 19.1 Å². The molecule has 1 aliphatic heterocycles. The van der Waals surface area contributed by atoms with Crippen molar-refractivity contribution in [3.05, 3.63) is 16.9 Å². The van der Waals surface area contributed by atoms with Crippen LogP contribution in [0.2, 0.25) is 0 Å². The molecule has 0 aromatic carbocycles. The lowest BCUT2D eigenvalue weighted by molar-refractivity contribution is -0.132. The summed E-state index contributed by atoms with van der Waals surface area (Å²) in [5, 5.41) is 0. The Morgan fingerprint density at radius 3 is 2.38 bits per heavy atom. The van der Waals surface area contributed by atoms with Gasteiger partial charge in [0, 0.05) is 5.57 Å². The number of rotatable bonds is 2. The van der Waals surface area contributed by atoms with Gasteiger partial charge < -0.3 is 9.47 Å². The number of nitrogens with zero attached hydrogens (tertiary/aromatic N) is 1. The summed E-state index contributed by atoms with van der Waals surface area (Å²) in [7, 11) is 0. The lowest BCUT2D eigenvalue weighted by Crippen LogP contribution is -2.50. The predicted octanol–water partition coefficient (Wildman–Crippen LogP) is 2.22. The Kier molecular flexibility index (Phi) is 4.97. The van der Waals surface area contributed by atoms with Crippen LogP contribution in [0.15, 0.2) is 16.9 Å². The van der Waals surface area contributed by atoms with Gasteiger partial charge in [-0.15, -0.1) is 0 Å². The smallest absolute Gasteiger partial charge is 0.418 e. The molecule has 1 rings (SSSR count). The van der Waals surface area contributed by atoms with E-state index in [0.717, 1.165) is 4.90 Å². The van der Waals surface area contributed by atoms with E-state index in [1.165, 1.54) is 0 Å². The maximum Gasteiger partial charge on any atom is 0.418 e. The normalized spacial score (nSPS) is 19.5. The van der Waals surface area contributed by atoms with Crippen LogP contribution in [0.4, 0.5) is 4.79 Å². The average molecular weight is 295 g/mol. The maximum absolute atomic E-state index is 12.4. The molecular weight excluding hydrogens is 274 g/mol. The topological polar surface area (TPSA) is 72.9 Å². The van der Waals surface area contributed by atoms with E-state index in [0.29, 0.717) is 5.57 Å². The minimum atomic E-state index is -0.808. The molecule has 0 saturated carbocycles. The molecule has 0 radical (unpaired) electrons. The molecule has 0 aliphatic carbocycles. The molecule has 6 nitrogen and oxygen atoms in total. The quantitative estimate of drug-likeness (QED) is 0.730. The maximum atomic E-state index is 12.4. The number of amides is 2. The molecule has 0 spiro atoms. The zero-order valence-electron chi connectivity index (χ0n) is 13.3. The predicted molar refractivity (Wildman–Crippen MR) is 76.1 cm³/mol. The van der Waals surface area contributed by atoms with Gasteiger partial charge in [-0.1, -0.05) is 0 Å². The number of carbonyl (C=O) groups excluding carboxylic acids is 3. The highest BCUT2D eigenvalue weighted by Crippen LogP contribution is 2.29. The van der Waals surface area contributed by atoms with Crippen molar-refractivity contribution in [2.24, 2.45) is 0 Å². The summed E-state index contributed by atoms with van der Waals surface area (Å²) in [5.41, 5.74) is -0.127. The zero-order valence-corrected chi connectivity index (χ0v) is 13.3. The Hall–Kier alpha value is -2.07. The molecule has 0 saturated heterocycles. The average Bonchev–Trinajstić information content (AvgIpc) is 2.33. The van der Waals surface area contributed by atoms with E-state index in [9.17, 15) is 14.4 Å². The molecule has 1 aliphatic rings. The largest absolute Gasteiger partial charge is 0.488 e. The molecule has 1 heterocycles. The SMILES string of the molecule is CCOC1=C(C)C(=C=O)C(C)N(C(=O)OC(C)(C)C)C1=O. The van der Waals surface area contributed by atoms with Crippen LogP contribution in [-0.4, -0.2) is 41.1 Å². The van der Waals surface area contributed by atoms with Crippen LogP contribution in [0.5, 0.6) is 0 Å². The number of ether oxygens (including phenoxy) is 2. The summed E-state index contributed by atoms with van der Waals surface area (Å²) in [6, 6.07) is -0.742. The highest BCUT2D eigenvalue weighted by atomic mass is 16.6. The number of imide groups is 1. The Morgan fingerprint density at radius 2 is 1.95 bits per heavy atom. The summed E-state index contributed by atoms with van der Waals surface area (Å²) in [4.78, 5) is 36.7. The molecule has 21 heavy (non-hydrogen) atoms. The minimum absolute atomic E-state index is 0.0141. The first-order chi connectivity index (χ1) is 9.64. The molecule has 0 aromatic rings. The summed E-state index contributed by atoms with van der Waals surface area (Å²) < 4.78 is 10.5. The van der Waals surface area contributed by atoms with Crippen molar-refractivity contribution < 1.29 is 23.9 Å². The third kappa shape index (κ3) is 3.52. The van der Waals surface area contributed by atoms with E-state index < -0.39 is 23.6 Å². The second-order valence-corrected chi connectivity index (χ2v) is 5.73. The van der Waals surface area contributed by atoms with Crippen LogP contribution >= 0.6 is 0 Å². The van der Waals surface area contributed by atoms with E-state index in [1.54, 1.807) is 47.5 Å². The van der Waals surface area contributed by atoms with Gasteiger partial charge in [-0.2, -0.15) is 0 Å². The Bertz CT molecular complexity index is 535. The molecule has 0 aromatic heterocycles. The third-order valence-corrected chi connectivity index (χ3v) is 2.95. The van der Waals surface area contributed by atoms with Crippen molar-refractivity contribution in [1.82, 2.24) is 4.90 Å². The summed E-state index contributed by atoms with van der Waals surface area (Å²) in [6.45, 7) is 10.2.